The Morgan fingerprint density at radius 3 is 2.72 bits per heavy atom. The Kier molecular flexibility index (Phi) is 5.65. The highest BCUT2D eigenvalue weighted by atomic mass is 32.2. The summed E-state index contributed by atoms with van der Waals surface area (Å²) >= 11 is 2.91. The fraction of sp³-hybridized carbons (Fsp3) is 0.381. The number of rotatable bonds is 6. The number of hydrogen-bond donors (Lipinski definition) is 0. The lowest BCUT2D eigenvalue weighted by Gasteiger charge is -2.14. The molecule has 1 aromatic carbocycles. The molecule has 0 bridgehead atoms. The fourth-order valence-corrected chi connectivity index (χ4v) is 5.76. The molecule has 6 nitrogen and oxygen atoms in total. The van der Waals surface area contributed by atoms with Gasteiger partial charge in [-0.15, -0.1) is 11.3 Å². The topological polar surface area (TPSA) is 64.4 Å². The first kappa shape index (κ1) is 20.0. The highest BCUT2D eigenvalue weighted by molar-refractivity contribution is 7.99. The van der Waals surface area contributed by atoms with Crippen molar-refractivity contribution in [2.75, 3.05) is 26.5 Å². The van der Waals surface area contributed by atoms with Crippen LogP contribution in [-0.2, 0) is 17.6 Å². The van der Waals surface area contributed by atoms with E-state index in [0.717, 1.165) is 46.5 Å². The lowest BCUT2D eigenvalue weighted by atomic mass is 10.2. The normalized spacial score (nSPS) is 12.9. The number of fused-ring (bicyclic) bond motifs is 3. The Morgan fingerprint density at radius 2 is 2.03 bits per heavy atom. The molecule has 0 unspecified atom stereocenters. The minimum atomic E-state index is -0.0571. The SMILES string of the molecule is CCOc1ccc(-n2c(SCC(=O)N(C)C)nc3sc4c(c3c2=O)CCC4)cc1. The Labute approximate surface area is 177 Å². The zero-order chi connectivity index (χ0) is 20.5. The van der Waals surface area contributed by atoms with E-state index in [1.807, 2.05) is 31.2 Å². The predicted octanol–water partition coefficient (Wildman–Crippen LogP) is 3.51. The molecule has 0 fully saturated rings. The first-order valence-corrected chi connectivity index (χ1v) is 11.4. The van der Waals surface area contributed by atoms with Crippen molar-refractivity contribution in [3.8, 4) is 11.4 Å². The van der Waals surface area contributed by atoms with E-state index in [9.17, 15) is 9.59 Å². The van der Waals surface area contributed by atoms with Crippen molar-refractivity contribution in [1.82, 2.24) is 14.5 Å². The van der Waals surface area contributed by atoms with E-state index in [0.29, 0.717) is 11.8 Å². The third-order valence-corrected chi connectivity index (χ3v) is 7.05. The lowest BCUT2D eigenvalue weighted by Crippen LogP contribution is -2.25. The number of aryl methyl sites for hydroxylation is 2. The lowest BCUT2D eigenvalue weighted by molar-refractivity contribution is -0.125. The van der Waals surface area contributed by atoms with Crippen molar-refractivity contribution in [3.63, 3.8) is 0 Å². The molecule has 152 valence electrons. The molecule has 0 radical (unpaired) electrons. The van der Waals surface area contributed by atoms with Crippen LogP contribution >= 0.6 is 23.1 Å². The van der Waals surface area contributed by atoms with E-state index in [4.69, 9.17) is 9.72 Å². The quantitative estimate of drug-likeness (QED) is 0.443. The summed E-state index contributed by atoms with van der Waals surface area (Å²) < 4.78 is 7.16. The number of ether oxygens (including phenoxy) is 1. The number of thiophene rings is 1. The van der Waals surface area contributed by atoms with E-state index in [1.54, 1.807) is 34.9 Å². The number of amides is 1. The Bertz CT molecular complexity index is 1120. The second-order valence-electron chi connectivity index (χ2n) is 7.08. The molecule has 4 rings (SSSR count). The molecule has 0 aliphatic heterocycles. The molecule has 0 saturated heterocycles. The molecule has 2 heterocycles. The average molecular weight is 430 g/mol. The molecule has 2 aromatic heterocycles. The maximum absolute atomic E-state index is 13.5. The zero-order valence-corrected chi connectivity index (χ0v) is 18.4. The predicted molar refractivity (Wildman–Crippen MR) is 118 cm³/mol. The third-order valence-electron chi connectivity index (χ3n) is 4.94. The van der Waals surface area contributed by atoms with Gasteiger partial charge in [0, 0.05) is 19.0 Å². The van der Waals surface area contributed by atoms with E-state index < -0.39 is 0 Å². The molecule has 1 aliphatic rings. The standard InChI is InChI=1S/C21H23N3O3S2/c1-4-27-14-10-8-13(9-11-14)24-20(26)18-15-6-5-7-16(15)29-19(18)22-21(24)28-12-17(25)23(2)3/h8-11H,4-7,12H2,1-3H3. The zero-order valence-electron chi connectivity index (χ0n) is 16.7. The Hall–Kier alpha value is -2.32. The van der Waals surface area contributed by atoms with Gasteiger partial charge < -0.3 is 9.64 Å². The maximum Gasteiger partial charge on any atom is 0.267 e. The van der Waals surface area contributed by atoms with Crippen LogP contribution in [0.2, 0.25) is 0 Å². The van der Waals surface area contributed by atoms with Crippen LogP contribution in [0, 0.1) is 0 Å². The minimum Gasteiger partial charge on any atom is -0.494 e. The molecular formula is C21H23N3O3S2. The smallest absolute Gasteiger partial charge is 0.267 e. The first-order chi connectivity index (χ1) is 14.0. The van der Waals surface area contributed by atoms with Crippen LogP contribution in [-0.4, -0.2) is 46.8 Å². The average Bonchev–Trinajstić information content (AvgIpc) is 3.28. The van der Waals surface area contributed by atoms with Crippen molar-refractivity contribution >= 4 is 39.2 Å². The number of carbonyl (C=O) groups is 1. The van der Waals surface area contributed by atoms with Gasteiger partial charge in [-0.25, -0.2) is 4.98 Å². The molecule has 1 aliphatic carbocycles. The van der Waals surface area contributed by atoms with Crippen LogP contribution in [0.5, 0.6) is 5.75 Å². The number of aromatic nitrogens is 2. The largest absolute Gasteiger partial charge is 0.494 e. The number of thioether (sulfide) groups is 1. The monoisotopic (exact) mass is 429 g/mol. The molecule has 0 spiro atoms. The van der Waals surface area contributed by atoms with Gasteiger partial charge in [-0.3, -0.25) is 14.2 Å². The number of benzene rings is 1. The van der Waals surface area contributed by atoms with Crippen molar-refractivity contribution < 1.29 is 9.53 Å². The van der Waals surface area contributed by atoms with Gasteiger partial charge in [0.05, 0.1) is 23.4 Å². The minimum absolute atomic E-state index is 0.0173. The fourth-order valence-electron chi connectivity index (χ4n) is 3.46. The van der Waals surface area contributed by atoms with Crippen LogP contribution in [0.15, 0.2) is 34.2 Å². The van der Waals surface area contributed by atoms with Crippen LogP contribution in [0.1, 0.15) is 23.8 Å². The van der Waals surface area contributed by atoms with Gasteiger partial charge in [0.15, 0.2) is 5.16 Å². The van der Waals surface area contributed by atoms with Crippen LogP contribution < -0.4 is 10.3 Å². The van der Waals surface area contributed by atoms with Gasteiger partial charge in [-0.05, 0) is 56.0 Å². The molecule has 0 N–H and O–H groups in total. The molecule has 3 aromatic rings. The van der Waals surface area contributed by atoms with E-state index >= 15 is 0 Å². The van der Waals surface area contributed by atoms with Crippen molar-refractivity contribution in [2.45, 2.75) is 31.3 Å². The van der Waals surface area contributed by atoms with Gasteiger partial charge >= 0.3 is 0 Å². The number of carbonyl (C=O) groups excluding carboxylic acids is 1. The van der Waals surface area contributed by atoms with E-state index in [-0.39, 0.29) is 17.2 Å². The van der Waals surface area contributed by atoms with Gasteiger partial charge in [0.2, 0.25) is 5.91 Å². The van der Waals surface area contributed by atoms with Crippen molar-refractivity contribution in [2.24, 2.45) is 0 Å². The molecule has 8 heteroatoms. The van der Waals surface area contributed by atoms with Gasteiger partial charge in [-0.1, -0.05) is 11.8 Å². The second kappa shape index (κ2) is 8.20. The van der Waals surface area contributed by atoms with Crippen molar-refractivity contribution in [3.05, 3.63) is 45.1 Å². The molecule has 0 saturated carbocycles. The summed E-state index contributed by atoms with van der Waals surface area (Å²) in [6.07, 6.45) is 3.04. The highest BCUT2D eigenvalue weighted by Crippen LogP contribution is 2.36. The summed E-state index contributed by atoms with van der Waals surface area (Å²) in [7, 11) is 3.45. The van der Waals surface area contributed by atoms with Crippen LogP contribution in [0.3, 0.4) is 0 Å². The Morgan fingerprint density at radius 1 is 1.28 bits per heavy atom. The summed E-state index contributed by atoms with van der Waals surface area (Å²) in [6.45, 7) is 2.52. The number of hydrogen-bond acceptors (Lipinski definition) is 6. The van der Waals surface area contributed by atoms with Crippen LogP contribution in [0.25, 0.3) is 15.9 Å². The highest BCUT2D eigenvalue weighted by Gasteiger charge is 2.24. The van der Waals surface area contributed by atoms with E-state index in [1.165, 1.54) is 16.6 Å². The molecule has 29 heavy (non-hydrogen) atoms. The van der Waals surface area contributed by atoms with Gasteiger partial charge in [-0.2, -0.15) is 0 Å². The summed E-state index contributed by atoms with van der Waals surface area (Å²) in [4.78, 5) is 34.1. The summed E-state index contributed by atoms with van der Waals surface area (Å²) in [5, 5.41) is 1.28. The maximum atomic E-state index is 13.5. The second-order valence-corrected chi connectivity index (χ2v) is 9.10. The first-order valence-electron chi connectivity index (χ1n) is 9.63. The molecule has 1 amide bonds. The van der Waals surface area contributed by atoms with Crippen molar-refractivity contribution in [1.29, 1.82) is 0 Å². The molecule has 0 atom stereocenters. The van der Waals surface area contributed by atoms with Gasteiger partial charge in [0.25, 0.3) is 5.56 Å². The van der Waals surface area contributed by atoms with Crippen LogP contribution in [0.4, 0.5) is 0 Å². The summed E-state index contributed by atoms with van der Waals surface area (Å²) in [6, 6.07) is 7.44. The molecular weight excluding hydrogens is 406 g/mol. The summed E-state index contributed by atoms with van der Waals surface area (Å²) in [5.41, 5.74) is 1.83. The number of nitrogens with zero attached hydrogens (tertiary/aromatic N) is 3. The Balaban J connectivity index is 1.84. The van der Waals surface area contributed by atoms with E-state index in [2.05, 4.69) is 0 Å². The third kappa shape index (κ3) is 3.79. The summed E-state index contributed by atoms with van der Waals surface area (Å²) in [5.74, 6) is 0.968. The van der Waals surface area contributed by atoms with Gasteiger partial charge in [0.1, 0.15) is 10.6 Å².